The molecule has 22 heavy (non-hydrogen) atoms. The number of nitrogens with zero attached hydrogens (tertiary/aromatic N) is 3. The van der Waals surface area contributed by atoms with Crippen LogP contribution in [0.15, 0.2) is 40.4 Å². The average Bonchev–Trinajstić information content (AvgIpc) is 2.99. The fourth-order valence-corrected chi connectivity index (χ4v) is 2.84. The lowest BCUT2D eigenvalue weighted by Crippen LogP contribution is -2.34. The van der Waals surface area contributed by atoms with Gasteiger partial charge in [-0.2, -0.15) is 9.78 Å². The first-order chi connectivity index (χ1) is 10.6. The first kappa shape index (κ1) is 16.4. The van der Waals surface area contributed by atoms with Gasteiger partial charge < -0.3 is 9.64 Å². The Balaban J connectivity index is 2.21. The molecule has 2 rings (SSSR count). The van der Waals surface area contributed by atoms with Crippen molar-refractivity contribution in [1.82, 2.24) is 14.7 Å². The number of hydrogen-bond donors (Lipinski definition) is 0. The van der Waals surface area contributed by atoms with E-state index in [9.17, 15) is 9.18 Å². The van der Waals surface area contributed by atoms with Gasteiger partial charge in [0.15, 0.2) is 0 Å². The molecule has 1 amide bonds. The lowest BCUT2D eigenvalue weighted by molar-refractivity contribution is 0.201. The van der Waals surface area contributed by atoms with Crippen LogP contribution in [0.5, 0.6) is 5.75 Å². The van der Waals surface area contributed by atoms with Gasteiger partial charge in [0.1, 0.15) is 16.6 Å². The van der Waals surface area contributed by atoms with Gasteiger partial charge in [-0.1, -0.05) is 17.8 Å². The number of carbonyl (C=O) groups excluding carboxylic acids is 1. The van der Waals surface area contributed by atoms with E-state index < -0.39 is 0 Å². The predicted molar refractivity (Wildman–Crippen MR) is 83.0 cm³/mol. The number of methoxy groups -OCH3 is 1. The van der Waals surface area contributed by atoms with E-state index in [1.54, 1.807) is 29.3 Å². The van der Waals surface area contributed by atoms with Gasteiger partial charge in [0.2, 0.25) is 0 Å². The van der Waals surface area contributed by atoms with Crippen LogP contribution in [0.2, 0.25) is 0 Å². The Hall–Kier alpha value is -2.02. The van der Waals surface area contributed by atoms with Crippen molar-refractivity contribution in [3.8, 4) is 5.75 Å². The first-order valence-corrected chi connectivity index (χ1v) is 7.77. The molecule has 118 valence electrons. The van der Waals surface area contributed by atoms with E-state index in [1.165, 1.54) is 17.9 Å². The second-order valence-electron chi connectivity index (χ2n) is 4.43. The number of hydrogen-bond acceptors (Lipinski definition) is 4. The summed E-state index contributed by atoms with van der Waals surface area (Å²) in [5.74, 6) is 0.0589. The molecule has 0 aliphatic heterocycles. The average molecular weight is 323 g/mol. The second-order valence-corrected chi connectivity index (χ2v) is 5.46. The van der Waals surface area contributed by atoms with E-state index >= 15 is 0 Å². The SMILES string of the molecule is CCN(CC)C(=O)n1ccc(Sc2c(F)cccc2OC)n1. The Morgan fingerprint density at radius 3 is 2.73 bits per heavy atom. The monoisotopic (exact) mass is 323 g/mol. The highest BCUT2D eigenvalue weighted by Crippen LogP contribution is 2.35. The third-order valence-corrected chi connectivity index (χ3v) is 4.18. The summed E-state index contributed by atoms with van der Waals surface area (Å²) in [6, 6.07) is 6.11. The zero-order chi connectivity index (χ0) is 16.1. The minimum absolute atomic E-state index is 0.197. The molecule has 0 aliphatic carbocycles. The number of ether oxygens (including phenoxy) is 1. The quantitative estimate of drug-likeness (QED) is 0.845. The van der Waals surface area contributed by atoms with Crippen LogP contribution in [-0.2, 0) is 0 Å². The third-order valence-electron chi connectivity index (χ3n) is 3.15. The lowest BCUT2D eigenvalue weighted by Gasteiger charge is -2.17. The maximum atomic E-state index is 13.9. The van der Waals surface area contributed by atoms with Crippen LogP contribution in [0.4, 0.5) is 9.18 Å². The number of aromatic nitrogens is 2. The van der Waals surface area contributed by atoms with Crippen LogP contribution < -0.4 is 4.74 Å². The number of carbonyl (C=O) groups is 1. The van der Waals surface area contributed by atoms with Crippen LogP contribution in [0.1, 0.15) is 13.8 Å². The first-order valence-electron chi connectivity index (χ1n) is 6.96. The third kappa shape index (κ3) is 3.41. The molecular weight excluding hydrogens is 305 g/mol. The smallest absolute Gasteiger partial charge is 0.344 e. The highest BCUT2D eigenvalue weighted by molar-refractivity contribution is 7.99. The number of rotatable bonds is 5. The molecule has 0 bridgehead atoms. The molecule has 0 unspecified atom stereocenters. The van der Waals surface area contributed by atoms with Crippen molar-refractivity contribution < 1.29 is 13.9 Å². The van der Waals surface area contributed by atoms with Crippen LogP contribution in [-0.4, -0.2) is 40.9 Å². The van der Waals surface area contributed by atoms with Crippen molar-refractivity contribution in [2.75, 3.05) is 20.2 Å². The molecule has 0 radical (unpaired) electrons. The summed E-state index contributed by atoms with van der Waals surface area (Å²) in [5, 5.41) is 4.74. The minimum Gasteiger partial charge on any atom is -0.495 e. The maximum absolute atomic E-state index is 13.9. The molecule has 0 saturated heterocycles. The summed E-state index contributed by atoms with van der Waals surface area (Å²) < 4.78 is 20.3. The maximum Gasteiger partial charge on any atom is 0.344 e. The number of amides is 1. The van der Waals surface area contributed by atoms with E-state index in [-0.39, 0.29) is 11.8 Å². The summed E-state index contributed by atoms with van der Waals surface area (Å²) in [7, 11) is 1.49. The van der Waals surface area contributed by atoms with E-state index in [0.29, 0.717) is 28.8 Å². The van der Waals surface area contributed by atoms with E-state index in [4.69, 9.17) is 4.74 Å². The van der Waals surface area contributed by atoms with Gasteiger partial charge in [0.25, 0.3) is 0 Å². The van der Waals surface area contributed by atoms with Crippen molar-refractivity contribution in [3.63, 3.8) is 0 Å². The molecule has 5 nitrogen and oxygen atoms in total. The molecule has 1 aromatic carbocycles. The van der Waals surface area contributed by atoms with Crippen molar-refractivity contribution in [2.24, 2.45) is 0 Å². The van der Waals surface area contributed by atoms with Crippen molar-refractivity contribution in [2.45, 2.75) is 23.8 Å². The molecule has 0 fully saturated rings. The minimum atomic E-state index is -0.381. The van der Waals surface area contributed by atoms with Crippen molar-refractivity contribution >= 4 is 17.8 Å². The molecule has 0 N–H and O–H groups in total. The molecule has 1 aromatic heterocycles. The van der Waals surface area contributed by atoms with Crippen LogP contribution in [0.3, 0.4) is 0 Å². The van der Waals surface area contributed by atoms with Gasteiger partial charge in [-0.05, 0) is 32.0 Å². The zero-order valence-electron chi connectivity index (χ0n) is 12.7. The largest absolute Gasteiger partial charge is 0.495 e. The summed E-state index contributed by atoms with van der Waals surface area (Å²) in [4.78, 5) is 14.2. The predicted octanol–water partition coefficient (Wildman–Crippen LogP) is 3.49. The molecule has 0 saturated carbocycles. The normalized spacial score (nSPS) is 10.5. The number of benzene rings is 1. The Labute approximate surface area is 133 Å². The molecule has 0 atom stereocenters. The Morgan fingerprint density at radius 2 is 2.09 bits per heavy atom. The molecule has 1 heterocycles. The Bertz CT molecular complexity index is 656. The van der Waals surface area contributed by atoms with E-state index in [2.05, 4.69) is 5.10 Å². The molecule has 7 heteroatoms. The van der Waals surface area contributed by atoms with Gasteiger partial charge in [0.05, 0.1) is 12.0 Å². The van der Waals surface area contributed by atoms with Crippen LogP contribution >= 0.6 is 11.8 Å². The van der Waals surface area contributed by atoms with Crippen molar-refractivity contribution in [3.05, 3.63) is 36.3 Å². The van der Waals surface area contributed by atoms with E-state index in [0.717, 1.165) is 11.8 Å². The summed E-state index contributed by atoms with van der Waals surface area (Å²) in [6.07, 6.45) is 1.58. The lowest BCUT2D eigenvalue weighted by atomic mass is 10.3. The molecule has 2 aromatic rings. The highest BCUT2D eigenvalue weighted by Gasteiger charge is 2.16. The fraction of sp³-hybridized carbons (Fsp3) is 0.333. The van der Waals surface area contributed by atoms with Crippen LogP contribution in [0.25, 0.3) is 0 Å². The summed E-state index contributed by atoms with van der Waals surface area (Å²) in [6.45, 7) is 5.03. The fourth-order valence-electron chi connectivity index (χ4n) is 1.96. The summed E-state index contributed by atoms with van der Waals surface area (Å²) >= 11 is 1.13. The Morgan fingerprint density at radius 1 is 1.36 bits per heavy atom. The van der Waals surface area contributed by atoms with Gasteiger partial charge in [-0.15, -0.1) is 0 Å². The molecular formula is C15H18FN3O2S. The molecule has 0 spiro atoms. The van der Waals surface area contributed by atoms with Gasteiger partial charge >= 0.3 is 6.03 Å². The van der Waals surface area contributed by atoms with Gasteiger partial charge in [-0.3, -0.25) is 0 Å². The van der Waals surface area contributed by atoms with Gasteiger partial charge in [0, 0.05) is 19.3 Å². The van der Waals surface area contributed by atoms with Gasteiger partial charge in [-0.25, -0.2) is 9.18 Å². The van der Waals surface area contributed by atoms with Crippen LogP contribution in [0, 0.1) is 5.82 Å². The summed E-state index contributed by atoms with van der Waals surface area (Å²) in [5.41, 5.74) is 0. The second kappa shape index (κ2) is 7.31. The number of halogens is 1. The molecule has 0 aliphatic rings. The van der Waals surface area contributed by atoms with Crippen molar-refractivity contribution in [1.29, 1.82) is 0 Å². The Kier molecular flexibility index (Phi) is 5.43. The topological polar surface area (TPSA) is 47.4 Å². The standard InChI is InChI=1S/C15H18FN3O2S/c1-4-18(5-2)15(20)19-10-9-13(17-19)22-14-11(16)7-6-8-12(14)21-3/h6-10H,4-5H2,1-3H3. The highest BCUT2D eigenvalue weighted by atomic mass is 32.2. The zero-order valence-corrected chi connectivity index (χ0v) is 13.6. The van der Waals surface area contributed by atoms with E-state index in [1.807, 2.05) is 13.8 Å².